The first-order chi connectivity index (χ1) is 14.7. The Morgan fingerprint density at radius 2 is 1.84 bits per heavy atom. The number of carbonyl (C=O) groups excluding carboxylic acids is 1. The number of nitrogens with zero attached hydrogens (tertiary/aromatic N) is 3. The van der Waals surface area contributed by atoms with Crippen LogP contribution >= 0.6 is 0 Å². The van der Waals surface area contributed by atoms with Crippen LogP contribution in [0.4, 0.5) is 15.8 Å². The first kappa shape index (κ1) is 21.7. The lowest BCUT2D eigenvalue weighted by molar-refractivity contribution is -0.120. The summed E-state index contributed by atoms with van der Waals surface area (Å²) in [6.45, 7) is 5.44. The molecule has 0 bridgehead atoms. The van der Waals surface area contributed by atoms with E-state index < -0.39 is 10.0 Å². The summed E-state index contributed by atoms with van der Waals surface area (Å²) in [5.41, 5.74) is 2.57. The van der Waals surface area contributed by atoms with Crippen LogP contribution in [0.25, 0.3) is 0 Å². The molecular formula is C22H27FN4O3S. The fourth-order valence-corrected chi connectivity index (χ4v) is 5.04. The van der Waals surface area contributed by atoms with E-state index >= 15 is 0 Å². The molecule has 9 heteroatoms. The fourth-order valence-electron chi connectivity index (χ4n) is 4.47. The second-order valence-corrected chi connectivity index (χ2v) is 9.81. The highest BCUT2D eigenvalue weighted by Gasteiger charge is 2.32. The molecule has 1 atom stereocenters. The lowest BCUT2D eigenvalue weighted by atomic mass is 10.1. The minimum Gasteiger partial charge on any atom is -0.370 e. The van der Waals surface area contributed by atoms with Crippen molar-refractivity contribution in [1.29, 1.82) is 0 Å². The molecule has 0 radical (unpaired) electrons. The van der Waals surface area contributed by atoms with E-state index in [1.54, 1.807) is 29.2 Å². The van der Waals surface area contributed by atoms with E-state index in [9.17, 15) is 17.6 Å². The van der Waals surface area contributed by atoms with Gasteiger partial charge in [0.05, 0.1) is 11.4 Å². The summed E-state index contributed by atoms with van der Waals surface area (Å²) in [7, 11) is -3.77. The maximum absolute atomic E-state index is 13.2. The second-order valence-electron chi connectivity index (χ2n) is 8.25. The van der Waals surface area contributed by atoms with Crippen molar-refractivity contribution in [2.75, 3.05) is 42.5 Å². The van der Waals surface area contributed by atoms with Crippen molar-refractivity contribution in [2.24, 2.45) is 5.14 Å². The van der Waals surface area contributed by atoms with Crippen LogP contribution in [-0.2, 0) is 21.2 Å². The predicted octanol–water partition coefficient (Wildman–Crippen LogP) is 1.96. The zero-order chi connectivity index (χ0) is 22.2. The van der Waals surface area contributed by atoms with E-state index in [1.165, 1.54) is 18.2 Å². The molecule has 0 aliphatic carbocycles. The summed E-state index contributed by atoms with van der Waals surface area (Å²) in [6, 6.07) is 11.2. The van der Waals surface area contributed by atoms with Crippen LogP contribution in [-0.4, -0.2) is 58.0 Å². The lowest BCUT2D eigenvalue weighted by Gasteiger charge is -2.27. The van der Waals surface area contributed by atoms with Gasteiger partial charge in [-0.05, 0) is 67.8 Å². The lowest BCUT2D eigenvalue weighted by Crippen LogP contribution is -2.44. The van der Waals surface area contributed by atoms with Crippen molar-refractivity contribution in [3.05, 3.63) is 53.8 Å². The van der Waals surface area contributed by atoms with Crippen molar-refractivity contribution in [2.45, 2.75) is 30.7 Å². The Bertz CT molecular complexity index is 1070. The molecule has 2 aromatic rings. The highest BCUT2D eigenvalue weighted by molar-refractivity contribution is 7.89. The maximum Gasteiger partial charge on any atom is 0.241 e. The smallest absolute Gasteiger partial charge is 0.241 e. The van der Waals surface area contributed by atoms with Crippen LogP contribution in [0.3, 0.4) is 0 Å². The van der Waals surface area contributed by atoms with Gasteiger partial charge in [0.2, 0.25) is 15.9 Å². The zero-order valence-electron chi connectivity index (χ0n) is 17.5. The quantitative estimate of drug-likeness (QED) is 0.776. The van der Waals surface area contributed by atoms with Crippen LogP contribution in [0.5, 0.6) is 0 Å². The number of anilines is 2. The van der Waals surface area contributed by atoms with E-state index in [2.05, 4.69) is 9.80 Å². The van der Waals surface area contributed by atoms with Gasteiger partial charge in [-0.3, -0.25) is 9.69 Å². The number of carbonyl (C=O) groups is 1. The summed E-state index contributed by atoms with van der Waals surface area (Å²) in [6.07, 6.45) is 1.51. The summed E-state index contributed by atoms with van der Waals surface area (Å²) in [5.74, 6) is -0.244. The van der Waals surface area contributed by atoms with Gasteiger partial charge in [-0.25, -0.2) is 17.9 Å². The minimum atomic E-state index is -3.77. The number of sulfonamides is 1. The summed E-state index contributed by atoms with van der Waals surface area (Å²) in [4.78, 5) is 19.4. The first-order valence-electron chi connectivity index (χ1n) is 10.4. The maximum atomic E-state index is 13.2. The minimum absolute atomic E-state index is 0.00448. The first-order valence-corrected chi connectivity index (χ1v) is 12.0. The van der Waals surface area contributed by atoms with Crippen LogP contribution < -0.4 is 14.9 Å². The topological polar surface area (TPSA) is 86.9 Å². The van der Waals surface area contributed by atoms with E-state index in [0.29, 0.717) is 13.0 Å². The van der Waals surface area contributed by atoms with Crippen molar-refractivity contribution in [1.82, 2.24) is 4.90 Å². The van der Waals surface area contributed by atoms with E-state index in [4.69, 9.17) is 5.14 Å². The van der Waals surface area contributed by atoms with Crippen molar-refractivity contribution in [3.63, 3.8) is 0 Å². The van der Waals surface area contributed by atoms with Gasteiger partial charge in [-0.2, -0.15) is 0 Å². The number of nitrogens with two attached hydrogens (primary N) is 1. The number of primary sulfonamides is 1. The highest BCUT2D eigenvalue weighted by Crippen LogP contribution is 2.34. The van der Waals surface area contributed by atoms with Crippen molar-refractivity contribution >= 4 is 27.3 Å². The van der Waals surface area contributed by atoms with Gasteiger partial charge in [0.15, 0.2) is 0 Å². The van der Waals surface area contributed by atoms with E-state index in [0.717, 1.165) is 49.5 Å². The molecule has 7 nitrogen and oxygen atoms in total. The molecule has 4 rings (SSSR count). The van der Waals surface area contributed by atoms with Gasteiger partial charge in [0.25, 0.3) is 0 Å². The molecule has 0 spiro atoms. The molecule has 1 unspecified atom stereocenters. The van der Waals surface area contributed by atoms with Crippen molar-refractivity contribution < 1.29 is 17.6 Å². The number of hydrogen-bond donors (Lipinski definition) is 1. The van der Waals surface area contributed by atoms with E-state index in [-0.39, 0.29) is 22.7 Å². The fraction of sp³-hybridized carbons (Fsp3) is 0.409. The molecule has 1 amide bonds. The summed E-state index contributed by atoms with van der Waals surface area (Å²) < 4.78 is 36.5. The Labute approximate surface area is 182 Å². The van der Waals surface area contributed by atoms with Gasteiger partial charge in [0.1, 0.15) is 5.82 Å². The molecule has 166 valence electrons. The number of halogens is 1. The number of rotatable bonds is 4. The Morgan fingerprint density at radius 1 is 1.10 bits per heavy atom. The van der Waals surface area contributed by atoms with Crippen LogP contribution in [0.2, 0.25) is 0 Å². The molecule has 2 N–H and O–H groups in total. The normalized spacial score (nSPS) is 19.9. The average molecular weight is 447 g/mol. The molecular weight excluding hydrogens is 419 g/mol. The Balaban J connectivity index is 1.42. The largest absolute Gasteiger partial charge is 0.370 e. The average Bonchev–Trinajstić information content (AvgIpc) is 2.87. The standard InChI is InChI=1S/C22H27FN4O3S/c1-16-13-17-14-20(31(24,29)30)7-8-21(17)27(16)22(28)15-25-9-2-10-26(12-11-25)19-5-3-18(23)4-6-19/h3-8,14,16H,2,9-13,15H2,1H3,(H2,24,29,30). The number of amides is 1. The Morgan fingerprint density at radius 3 is 2.55 bits per heavy atom. The van der Waals surface area contributed by atoms with Gasteiger partial charge in [0, 0.05) is 43.6 Å². The van der Waals surface area contributed by atoms with Crippen LogP contribution in [0, 0.1) is 5.82 Å². The van der Waals surface area contributed by atoms with E-state index in [1.807, 2.05) is 6.92 Å². The molecule has 1 saturated heterocycles. The Kier molecular flexibility index (Phi) is 6.00. The molecule has 1 fully saturated rings. The molecule has 2 aliphatic heterocycles. The third-order valence-corrected chi connectivity index (χ3v) is 6.91. The van der Waals surface area contributed by atoms with Gasteiger partial charge in [-0.15, -0.1) is 0 Å². The van der Waals surface area contributed by atoms with Crippen LogP contribution in [0.1, 0.15) is 18.9 Å². The van der Waals surface area contributed by atoms with Gasteiger partial charge >= 0.3 is 0 Å². The summed E-state index contributed by atoms with van der Waals surface area (Å²) in [5, 5.41) is 5.24. The third-order valence-electron chi connectivity index (χ3n) is 6.00. The zero-order valence-corrected chi connectivity index (χ0v) is 18.3. The molecule has 0 saturated carbocycles. The molecule has 2 aliphatic rings. The molecule has 2 aromatic carbocycles. The third kappa shape index (κ3) is 4.73. The number of benzene rings is 2. The number of hydrogen-bond acceptors (Lipinski definition) is 5. The number of fused-ring (bicyclic) bond motifs is 1. The van der Waals surface area contributed by atoms with Crippen molar-refractivity contribution in [3.8, 4) is 0 Å². The molecule has 2 heterocycles. The highest BCUT2D eigenvalue weighted by atomic mass is 32.2. The van der Waals surface area contributed by atoms with Crippen LogP contribution in [0.15, 0.2) is 47.4 Å². The second kappa shape index (κ2) is 8.57. The van der Waals surface area contributed by atoms with Gasteiger partial charge < -0.3 is 9.80 Å². The van der Waals surface area contributed by atoms with Gasteiger partial charge in [-0.1, -0.05) is 0 Å². The SMILES string of the molecule is CC1Cc2cc(S(N)(=O)=O)ccc2N1C(=O)CN1CCCN(c2ccc(F)cc2)CC1. The molecule has 31 heavy (non-hydrogen) atoms. The monoisotopic (exact) mass is 446 g/mol. The predicted molar refractivity (Wildman–Crippen MR) is 118 cm³/mol. The Hall–Kier alpha value is -2.49. The summed E-state index contributed by atoms with van der Waals surface area (Å²) >= 11 is 0. The molecule has 0 aromatic heterocycles.